The van der Waals surface area contributed by atoms with Crippen LogP contribution in [-0.2, 0) is 9.59 Å². The van der Waals surface area contributed by atoms with Gasteiger partial charge in [-0.1, -0.05) is 50.8 Å². The minimum absolute atomic E-state index is 0.255. The molecule has 1 N–H and O–H groups in total. The number of nitrogens with zero attached hydrogens (tertiary/aromatic N) is 1. The van der Waals surface area contributed by atoms with Gasteiger partial charge >= 0.3 is 5.97 Å². The van der Waals surface area contributed by atoms with Crippen molar-refractivity contribution in [3.8, 4) is 11.5 Å². The molecule has 0 radical (unpaired) electrons. The van der Waals surface area contributed by atoms with E-state index in [1.807, 2.05) is 19.9 Å². The average molecular weight is 424 g/mol. The van der Waals surface area contributed by atoms with E-state index < -0.39 is 12.0 Å². The first-order valence-corrected chi connectivity index (χ1v) is 10.4. The van der Waals surface area contributed by atoms with E-state index in [0.29, 0.717) is 29.6 Å². The summed E-state index contributed by atoms with van der Waals surface area (Å²) in [5.41, 5.74) is 0.754. The maximum absolute atomic E-state index is 12.8. The second kappa shape index (κ2) is 9.93. The van der Waals surface area contributed by atoms with Crippen molar-refractivity contribution in [2.24, 2.45) is 5.92 Å². The normalized spacial score (nSPS) is 16.8. The van der Waals surface area contributed by atoms with Gasteiger partial charge < -0.3 is 14.6 Å². The smallest absolute Gasteiger partial charge is 0.327 e. The van der Waals surface area contributed by atoms with Gasteiger partial charge in [0.05, 0.1) is 18.1 Å². The van der Waals surface area contributed by atoms with E-state index in [1.165, 1.54) is 4.90 Å². The summed E-state index contributed by atoms with van der Waals surface area (Å²) in [5.74, 6) is -0.465. The van der Waals surface area contributed by atoms with Crippen LogP contribution in [-0.4, -0.2) is 45.5 Å². The van der Waals surface area contributed by atoms with Gasteiger partial charge in [-0.15, -0.1) is 0 Å². The molecule has 2 rings (SSSR count). The van der Waals surface area contributed by atoms with E-state index in [0.717, 1.165) is 23.7 Å². The Morgan fingerprint density at radius 3 is 2.57 bits per heavy atom. The quantitative estimate of drug-likeness (QED) is 0.471. The Hall–Kier alpha value is -2.06. The van der Waals surface area contributed by atoms with Crippen molar-refractivity contribution in [1.82, 2.24) is 4.90 Å². The fourth-order valence-corrected chi connectivity index (χ4v) is 4.11. The van der Waals surface area contributed by atoms with Crippen LogP contribution in [0.25, 0.3) is 6.08 Å². The van der Waals surface area contributed by atoms with Gasteiger partial charge in [0.15, 0.2) is 11.5 Å². The number of carbonyl (C=O) groups excluding carboxylic acids is 1. The molecule has 0 saturated carbocycles. The van der Waals surface area contributed by atoms with Crippen LogP contribution in [0.15, 0.2) is 23.1 Å². The van der Waals surface area contributed by atoms with Gasteiger partial charge in [0.25, 0.3) is 5.91 Å². The number of aliphatic carboxylic acids is 1. The summed E-state index contributed by atoms with van der Waals surface area (Å²) >= 11 is 6.39. The molecule has 1 amide bonds. The topological polar surface area (TPSA) is 76.1 Å². The Morgan fingerprint density at radius 1 is 1.29 bits per heavy atom. The number of thiocarbonyl (C=S) groups is 1. The molecule has 1 aliphatic rings. The molecule has 0 aromatic heterocycles. The molecule has 1 saturated heterocycles. The minimum atomic E-state index is -1.07. The maximum atomic E-state index is 12.8. The number of amides is 1. The van der Waals surface area contributed by atoms with Crippen molar-refractivity contribution < 1.29 is 24.2 Å². The van der Waals surface area contributed by atoms with Gasteiger partial charge in [0.2, 0.25) is 0 Å². The molecular formula is C20H25NO5S2. The number of thioether (sulfide) groups is 1. The molecule has 0 bridgehead atoms. The Morgan fingerprint density at radius 2 is 2.00 bits per heavy atom. The van der Waals surface area contributed by atoms with Crippen LogP contribution in [0.4, 0.5) is 0 Å². The van der Waals surface area contributed by atoms with Gasteiger partial charge in [0, 0.05) is 0 Å². The fraction of sp³-hybridized carbons (Fsp3) is 0.450. The van der Waals surface area contributed by atoms with Crippen LogP contribution in [0.1, 0.15) is 39.7 Å². The zero-order chi connectivity index (χ0) is 20.8. The molecule has 0 spiro atoms. The standard InChI is InChI=1S/C20H25NO5S2/c1-5-9-26-14-8-7-13(10-15(14)25-6-2)11-16-18(22)21(20(27)28-16)17(12(3)4)19(23)24/h7-8,10-12,17H,5-6,9H2,1-4H3,(H,23,24)/b16-11-/t17-/m0/s1. The molecule has 1 atom stereocenters. The van der Waals surface area contributed by atoms with Crippen molar-refractivity contribution >= 4 is 46.3 Å². The van der Waals surface area contributed by atoms with Crippen molar-refractivity contribution in [2.45, 2.75) is 40.2 Å². The SMILES string of the molecule is CCCOc1ccc(/C=C2\SC(=S)N([C@H](C(=O)O)C(C)C)C2=O)cc1OCC. The van der Waals surface area contributed by atoms with Crippen LogP contribution in [0, 0.1) is 5.92 Å². The summed E-state index contributed by atoms with van der Waals surface area (Å²) in [5, 5.41) is 9.50. The lowest BCUT2D eigenvalue weighted by molar-refractivity contribution is -0.146. The number of carbonyl (C=O) groups is 2. The highest BCUT2D eigenvalue weighted by Crippen LogP contribution is 2.37. The number of benzene rings is 1. The largest absolute Gasteiger partial charge is 0.490 e. The van der Waals surface area contributed by atoms with Gasteiger partial charge in [-0.3, -0.25) is 9.69 Å². The highest BCUT2D eigenvalue weighted by molar-refractivity contribution is 8.26. The first kappa shape index (κ1) is 22.2. The number of carboxylic acids is 1. The Kier molecular flexibility index (Phi) is 7.88. The number of carboxylic acid groups (broad SMARTS) is 1. The van der Waals surface area contributed by atoms with Crippen molar-refractivity contribution in [3.05, 3.63) is 28.7 Å². The highest BCUT2D eigenvalue weighted by atomic mass is 32.2. The predicted molar refractivity (Wildman–Crippen MR) is 115 cm³/mol. The lowest BCUT2D eigenvalue weighted by Gasteiger charge is -2.26. The molecule has 1 aromatic rings. The Bertz CT molecular complexity index is 791. The van der Waals surface area contributed by atoms with Gasteiger partial charge in [-0.05, 0) is 43.0 Å². The Labute approximate surface area is 174 Å². The summed E-state index contributed by atoms with van der Waals surface area (Å²) in [6.45, 7) is 8.50. The zero-order valence-corrected chi connectivity index (χ0v) is 18.1. The molecule has 1 aliphatic heterocycles. The summed E-state index contributed by atoms with van der Waals surface area (Å²) in [4.78, 5) is 26.0. The van der Waals surface area contributed by atoms with E-state index in [1.54, 1.807) is 32.1 Å². The number of hydrogen-bond acceptors (Lipinski definition) is 6. The molecule has 1 heterocycles. The summed E-state index contributed by atoms with van der Waals surface area (Å²) in [7, 11) is 0. The third-order valence-electron chi connectivity index (χ3n) is 4.01. The summed E-state index contributed by atoms with van der Waals surface area (Å²) in [6.07, 6.45) is 2.58. The highest BCUT2D eigenvalue weighted by Gasteiger charge is 2.41. The Balaban J connectivity index is 2.32. The van der Waals surface area contributed by atoms with Crippen LogP contribution in [0.2, 0.25) is 0 Å². The number of hydrogen-bond donors (Lipinski definition) is 1. The lowest BCUT2D eigenvalue weighted by atomic mass is 10.0. The average Bonchev–Trinajstić information content (AvgIpc) is 2.89. The van der Waals surface area contributed by atoms with Crippen molar-refractivity contribution in [2.75, 3.05) is 13.2 Å². The summed E-state index contributed by atoms with van der Waals surface area (Å²) in [6, 6.07) is 4.46. The van der Waals surface area contributed by atoms with E-state index in [4.69, 9.17) is 21.7 Å². The molecule has 0 unspecified atom stereocenters. The predicted octanol–water partition coefficient (Wildman–Crippen LogP) is 4.18. The van der Waals surface area contributed by atoms with Gasteiger partial charge in [-0.2, -0.15) is 0 Å². The first-order valence-electron chi connectivity index (χ1n) is 9.19. The van der Waals surface area contributed by atoms with E-state index in [-0.39, 0.29) is 16.1 Å². The van der Waals surface area contributed by atoms with Crippen LogP contribution in [0.5, 0.6) is 11.5 Å². The third-order valence-corrected chi connectivity index (χ3v) is 5.34. The minimum Gasteiger partial charge on any atom is -0.490 e. The molecule has 0 aliphatic carbocycles. The second-order valence-electron chi connectivity index (χ2n) is 6.57. The molecule has 6 nitrogen and oxygen atoms in total. The molecule has 152 valence electrons. The van der Waals surface area contributed by atoms with E-state index in [2.05, 4.69) is 0 Å². The number of rotatable bonds is 9. The van der Waals surface area contributed by atoms with E-state index >= 15 is 0 Å². The van der Waals surface area contributed by atoms with E-state index in [9.17, 15) is 14.7 Å². The second-order valence-corrected chi connectivity index (χ2v) is 8.24. The monoisotopic (exact) mass is 423 g/mol. The van der Waals surface area contributed by atoms with Crippen LogP contribution in [0.3, 0.4) is 0 Å². The summed E-state index contributed by atoms with van der Waals surface area (Å²) < 4.78 is 11.6. The molecule has 8 heteroatoms. The van der Waals surface area contributed by atoms with Gasteiger partial charge in [0.1, 0.15) is 10.4 Å². The van der Waals surface area contributed by atoms with Crippen LogP contribution < -0.4 is 9.47 Å². The molecule has 1 fully saturated rings. The van der Waals surface area contributed by atoms with Crippen LogP contribution >= 0.6 is 24.0 Å². The first-order chi connectivity index (χ1) is 13.3. The van der Waals surface area contributed by atoms with Gasteiger partial charge in [-0.25, -0.2) is 4.79 Å². The molecule has 28 heavy (non-hydrogen) atoms. The maximum Gasteiger partial charge on any atom is 0.327 e. The zero-order valence-electron chi connectivity index (χ0n) is 16.4. The van der Waals surface area contributed by atoms with Crippen molar-refractivity contribution in [3.63, 3.8) is 0 Å². The lowest BCUT2D eigenvalue weighted by Crippen LogP contribution is -2.47. The molecular weight excluding hydrogens is 398 g/mol. The van der Waals surface area contributed by atoms with Crippen molar-refractivity contribution in [1.29, 1.82) is 0 Å². The molecule has 1 aromatic carbocycles. The third kappa shape index (κ3) is 5.05. The fourth-order valence-electron chi connectivity index (χ4n) is 2.78. The number of ether oxygens (including phenoxy) is 2.